The van der Waals surface area contributed by atoms with Crippen LogP contribution in [-0.4, -0.2) is 72.3 Å². The predicted molar refractivity (Wildman–Crippen MR) is 126 cm³/mol. The zero-order chi connectivity index (χ0) is 27.0. The lowest BCUT2D eigenvalue weighted by Crippen LogP contribution is -2.67. The average molecular weight is 526 g/mol. The van der Waals surface area contributed by atoms with Crippen LogP contribution < -0.4 is 5.32 Å². The van der Waals surface area contributed by atoms with Crippen LogP contribution in [0.25, 0.3) is 0 Å². The molecule has 12 heteroatoms. The van der Waals surface area contributed by atoms with E-state index in [9.17, 15) is 24.0 Å². The number of esters is 4. The van der Waals surface area contributed by atoms with Crippen molar-refractivity contribution < 1.29 is 47.7 Å². The van der Waals surface area contributed by atoms with Crippen LogP contribution in [0.1, 0.15) is 41.0 Å². The van der Waals surface area contributed by atoms with E-state index in [-0.39, 0.29) is 6.42 Å². The summed E-state index contributed by atoms with van der Waals surface area (Å²) in [4.78, 5) is 60.0. The van der Waals surface area contributed by atoms with Crippen molar-refractivity contribution in [2.24, 2.45) is 0 Å². The van der Waals surface area contributed by atoms with E-state index in [4.69, 9.17) is 23.7 Å². The van der Waals surface area contributed by atoms with Crippen molar-refractivity contribution in [2.75, 3.05) is 7.11 Å². The summed E-state index contributed by atoms with van der Waals surface area (Å²) in [5.41, 5.74) is 0. The molecular weight excluding hydrogens is 494 g/mol. The Morgan fingerprint density at radius 1 is 1.00 bits per heavy atom. The molecule has 1 unspecified atom stereocenters. The molecule has 1 saturated heterocycles. The monoisotopic (exact) mass is 525 g/mol. The smallest absolute Gasteiger partial charge is 0.349 e. The summed E-state index contributed by atoms with van der Waals surface area (Å²) < 4.78 is 27.7. The Morgan fingerprint density at radius 3 is 2.11 bits per heavy atom. The number of hydrogen-bond donors (Lipinski definition) is 1. The third-order valence-corrected chi connectivity index (χ3v) is 6.47. The van der Waals surface area contributed by atoms with Crippen molar-refractivity contribution in [1.82, 2.24) is 5.32 Å². The Morgan fingerprint density at radius 2 is 1.61 bits per heavy atom. The van der Waals surface area contributed by atoms with Gasteiger partial charge in [0.25, 0.3) is 0 Å². The summed E-state index contributed by atoms with van der Waals surface area (Å²) in [7, 11) is 1.18. The quantitative estimate of drug-likeness (QED) is 0.372. The number of carbonyl (C=O) groups excluding carboxylic acids is 5. The first-order valence-electron chi connectivity index (χ1n) is 11.2. The molecule has 36 heavy (non-hydrogen) atoms. The fraction of sp³-hybridized carbons (Fsp3) is 0.542. The van der Waals surface area contributed by atoms with Gasteiger partial charge in [0.15, 0.2) is 6.10 Å². The Labute approximate surface area is 213 Å². The van der Waals surface area contributed by atoms with E-state index >= 15 is 0 Å². The van der Waals surface area contributed by atoms with Crippen molar-refractivity contribution in [2.45, 2.75) is 81.3 Å². The van der Waals surface area contributed by atoms with E-state index in [1.807, 2.05) is 0 Å². The molecule has 0 bridgehead atoms. The number of methoxy groups -OCH3 is 1. The number of benzene rings is 1. The second-order valence-corrected chi connectivity index (χ2v) is 9.54. The second kappa shape index (κ2) is 12.7. The van der Waals surface area contributed by atoms with Crippen LogP contribution in [-0.2, 0) is 47.7 Å². The van der Waals surface area contributed by atoms with Crippen LogP contribution in [0.15, 0.2) is 35.2 Å². The SMILES string of the molecule is COC(=O)C1(Sc2ccccc2)C[C@H](OC(C)=O)[C@@H](NC(C)=O)[C@H]([C@H](OC(C)=O)[C@@H](C)OC(C)=O)O1. The largest absolute Gasteiger partial charge is 0.466 e. The summed E-state index contributed by atoms with van der Waals surface area (Å²) in [5.74, 6) is -3.33. The average Bonchev–Trinajstić information content (AvgIpc) is 2.78. The van der Waals surface area contributed by atoms with Gasteiger partial charge in [-0.25, -0.2) is 4.79 Å². The lowest BCUT2D eigenvalue weighted by Gasteiger charge is -2.48. The molecule has 0 radical (unpaired) electrons. The minimum absolute atomic E-state index is 0.199. The molecule has 1 fully saturated rings. The topological polar surface area (TPSA) is 144 Å². The zero-order valence-electron chi connectivity index (χ0n) is 21.0. The van der Waals surface area contributed by atoms with Crippen LogP contribution in [0.4, 0.5) is 0 Å². The number of ether oxygens (including phenoxy) is 5. The van der Waals surface area contributed by atoms with Gasteiger partial charge in [0.05, 0.1) is 13.2 Å². The van der Waals surface area contributed by atoms with Gasteiger partial charge >= 0.3 is 23.9 Å². The number of thioether (sulfide) groups is 1. The Hall–Kier alpha value is -3.12. The number of carbonyl (C=O) groups is 5. The zero-order valence-corrected chi connectivity index (χ0v) is 21.8. The molecule has 0 spiro atoms. The standard InChI is InChI=1S/C24H31NO10S/c1-13(32-15(3)27)21(34-17(5)29)22-20(25-14(2)26)19(33-16(4)28)12-24(35-22,23(30)31-6)36-18-10-8-7-9-11-18/h7-11,13,19-22H,12H2,1-6H3,(H,25,26)/t13-,19+,20-,21-,22-,24?/m1/s1. The minimum atomic E-state index is -1.77. The number of amides is 1. The molecule has 198 valence electrons. The van der Waals surface area contributed by atoms with E-state index in [2.05, 4.69) is 5.32 Å². The van der Waals surface area contributed by atoms with Gasteiger partial charge in [-0.15, -0.1) is 0 Å². The number of rotatable bonds is 9. The van der Waals surface area contributed by atoms with Crippen molar-refractivity contribution in [3.05, 3.63) is 30.3 Å². The first-order chi connectivity index (χ1) is 16.9. The maximum Gasteiger partial charge on any atom is 0.349 e. The maximum absolute atomic E-state index is 13.2. The molecule has 1 amide bonds. The molecule has 1 aliphatic heterocycles. The van der Waals surface area contributed by atoms with Gasteiger partial charge in [0.1, 0.15) is 18.3 Å². The molecule has 1 aliphatic rings. The third kappa shape index (κ3) is 7.69. The van der Waals surface area contributed by atoms with Crippen LogP contribution >= 0.6 is 11.8 Å². The van der Waals surface area contributed by atoms with Crippen molar-refractivity contribution in [3.63, 3.8) is 0 Å². The van der Waals surface area contributed by atoms with Gasteiger partial charge in [-0.3, -0.25) is 19.2 Å². The van der Waals surface area contributed by atoms with E-state index in [1.165, 1.54) is 34.8 Å². The van der Waals surface area contributed by atoms with E-state index in [0.29, 0.717) is 4.90 Å². The minimum Gasteiger partial charge on any atom is -0.466 e. The fourth-order valence-electron chi connectivity index (χ4n) is 3.98. The molecule has 1 aromatic rings. The summed E-state index contributed by atoms with van der Waals surface area (Å²) in [6.45, 7) is 6.24. The van der Waals surface area contributed by atoms with Crippen LogP contribution in [0.2, 0.25) is 0 Å². The second-order valence-electron chi connectivity index (χ2n) is 8.21. The molecule has 1 N–H and O–H groups in total. The highest BCUT2D eigenvalue weighted by Gasteiger charge is 2.58. The van der Waals surface area contributed by atoms with E-state index in [1.54, 1.807) is 30.3 Å². The number of nitrogens with one attached hydrogen (secondary N) is 1. The van der Waals surface area contributed by atoms with Crippen molar-refractivity contribution in [1.29, 1.82) is 0 Å². The highest BCUT2D eigenvalue weighted by atomic mass is 32.2. The molecule has 1 aromatic carbocycles. The molecular formula is C24H31NO10S. The van der Waals surface area contributed by atoms with Gasteiger partial charge in [-0.2, -0.15) is 0 Å². The molecule has 11 nitrogen and oxygen atoms in total. The van der Waals surface area contributed by atoms with E-state index < -0.39 is 65.2 Å². The summed E-state index contributed by atoms with van der Waals surface area (Å²) in [5, 5.41) is 2.67. The van der Waals surface area contributed by atoms with Gasteiger partial charge in [-0.1, -0.05) is 30.0 Å². The van der Waals surface area contributed by atoms with Gasteiger partial charge in [0, 0.05) is 39.0 Å². The normalized spacial score (nSPS) is 25.0. The van der Waals surface area contributed by atoms with Gasteiger partial charge in [0.2, 0.25) is 10.8 Å². The summed E-state index contributed by atoms with van der Waals surface area (Å²) in [6.07, 6.45) is -4.93. The van der Waals surface area contributed by atoms with Gasteiger partial charge in [-0.05, 0) is 19.1 Å². The van der Waals surface area contributed by atoms with Crippen molar-refractivity contribution >= 4 is 41.5 Å². The summed E-state index contributed by atoms with van der Waals surface area (Å²) >= 11 is 1.01. The highest BCUT2D eigenvalue weighted by Crippen LogP contribution is 2.45. The summed E-state index contributed by atoms with van der Waals surface area (Å²) in [6, 6.07) is 7.76. The Bertz CT molecular complexity index is 953. The first-order valence-corrected chi connectivity index (χ1v) is 12.0. The van der Waals surface area contributed by atoms with Crippen LogP contribution in [0.5, 0.6) is 0 Å². The Kier molecular flexibility index (Phi) is 10.3. The Balaban J connectivity index is 2.68. The molecule has 0 aromatic heterocycles. The van der Waals surface area contributed by atoms with Crippen LogP contribution in [0.3, 0.4) is 0 Å². The molecule has 6 atom stereocenters. The predicted octanol–water partition coefficient (Wildman–Crippen LogP) is 1.76. The number of hydrogen-bond acceptors (Lipinski definition) is 11. The molecule has 0 saturated carbocycles. The fourth-order valence-corrected chi connectivity index (χ4v) is 5.23. The molecule has 1 heterocycles. The highest BCUT2D eigenvalue weighted by molar-refractivity contribution is 8.01. The molecule has 0 aliphatic carbocycles. The first kappa shape index (κ1) is 29.1. The molecule has 2 rings (SSSR count). The maximum atomic E-state index is 13.2. The van der Waals surface area contributed by atoms with Gasteiger partial charge < -0.3 is 29.0 Å². The lowest BCUT2D eigenvalue weighted by atomic mass is 9.89. The lowest BCUT2D eigenvalue weighted by molar-refractivity contribution is -0.219. The van der Waals surface area contributed by atoms with E-state index in [0.717, 1.165) is 18.7 Å². The third-order valence-electron chi connectivity index (χ3n) is 5.20. The van der Waals surface area contributed by atoms with Crippen LogP contribution in [0, 0.1) is 0 Å². The van der Waals surface area contributed by atoms with Crippen molar-refractivity contribution in [3.8, 4) is 0 Å².